The number of esters is 1. The molecule has 1 aromatic heterocycles. The standard InChI is InChI=1S/C12H15NO4/c1-3-16-12(15)10-8(6-9(14)13-10)11-7(2)4-5-17-11/h4-5,8,10H,3,6H2,1-2H3,(H,13,14). The fourth-order valence-electron chi connectivity index (χ4n) is 2.11. The summed E-state index contributed by atoms with van der Waals surface area (Å²) in [7, 11) is 0. The van der Waals surface area contributed by atoms with Gasteiger partial charge in [-0.05, 0) is 25.5 Å². The minimum atomic E-state index is -0.632. The molecule has 17 heavy (non-hydrogen) atoms. The molecular formula is C12H15NO4. The number of furan rings is 1. The Hall–Kier alpha value is -1.78. The molecule has 1 amide bonds. The molecule has 5 nitrogen and oxygen atoms in total. The number of ether oxygens (including phenoxy) is 1. The van der Waals surface area contributed by atoms with E-state index in [2.05, 4.69) is 5.32 Å². The fourth-order valence-corrected chi connectivity index (χ4v) is 2.11. The number of carbonyl (C=O) groups excluding carboxylic acids is 2. The SMILES string of the molecule is CCOC(=O)C1NC(=O)CC1c1occc1C. The largest absolute Gasteiger partial charge is 0.469 e. The zero-order valence-corrected chi connectivity index (χ0v) is 9.86. The molecule has 0 aliphatic carbocycles. The van der Waals surface area contributed by atoms with Crippen LogP contribution in [0.3, 0.4) is 0 Å². The first kappa shape index (κ1) is 11.7. The van der Waals surface area contributed by atoms with Crippen LogP contribution in [0, 0.1) is 6.92 Å². The molecule has 0 spiro atoms. The van der Waals surface area contributed by atoms with E-state index in [1.807, 2.05) is 13.0 Å². The summed E-state index contributed by atoms with van der Waals surface area (Å²) in [6.07, 6.45) is 1.83. The minimum Gasteiger partial charge on any atom is -0.469 e. The van der Waals surface area contributed by atoms with Crippen molar-refractivity contribution in [3.05, 3.63) is 23.7 Å². The molecule has 0 aromatic carbocycles. The Morgan fingerprint density at radius 3 is 3.00 bits per heavy atom. The van der Waals surface area contributed by atoms with Gasteiger partial charge in [0.25, 0.3) is 0 Å². The zero-order chi connectivity index (χ0) is 12.4. The number of aryl methyl sites for hydroxylation is 1. The van der Waals surface area contributed by atoms with Crippen LogP contribution in [-0.2, 0) is 14.3 Å². The Bertz CT molecular complexity index is 437. The van der Waals surface area contributed by atoms with E-state index >= 15 is 0 Å². The minimum absolute atomic E-state index is 0.149. The average molecular weight is 237 g/mol. The second-order valence-electron chi connectivity index (χ2n) is 4.08. The highest BCUT2D eigenvalue weighted by Gasteiger charge is 2.41. The number of rotatable bonds is 3. The van der Waals surface area contributed by atoms with Gasteiger partial charge in [0.05, 0.1) is 18.8 Å². The normalized spacial score (nSPS) is 23.5. The lowest BCUT2D eigenvalue weighted by Crippen LogP contribution is -2.37. The molecule has 1 N–H and O–H groups in total. The summed E-state index contributed by atoms with van der Waals surface area (Å²) < 4.78 is 10.3. The summed E-state index contributed by atoms with van der Waals surface area (Å²) in [4.78, 5) is 23.1. The third kappa shape index (κ3) is 2.18. The quantitative estimate of drug-likeness (QED) is 0.800. The second-order valence-corrected chi connectivity index (χ2v) is 4.08. The molecule has 0 saturated carbocycles. The first-order chi connectivity index (χ1) is 8.13. The van der Waals surface area contributed by atoms with Crippen molar-refractivity contribution in [2.45, 2.75) is 32.2 Å². The van der Waals surface area contributed by atoms with E-state index in [0.29, 0.717) is 12.4 Å². The van der Waals surface area contributed by atoms with Gasteiger partial charge in [0.2, 0.25) is 5.91 Å². The molecule has 2 rings (SSSR count). The van der Waals surface area contributed by atoms with Crippen molar-refractivity contribution in [2.75, 3.05) is 6.61 Å². The Labute approximate surface area is 99.1 Å². The van der Waals surface area contributed by atoms with Crippen molar-refractivity contribution in [1.82, 2.24) is 5.32 Å². The smallest absolute Gasteiger partial charge is 0.329 e. The summed E-state index contributed by atoms with van der Waals surface area (Å²) in [5.41, 5.74) is 0.945. The third-order valence-corrected chi connectivity index (χ3v) is 2.90. The number of hydrogen-bond donors (Lipinski definition) is 1. The van der Waals surface area contributed by atoms with Crippen LogP contribution >= 0.6 is 0 Å². The summed E-state index contributed by atoms with van der Waals surface area (Å²) >= 11 is 0. The Morgan fingerprint density at radius 2 is 2.41 bits per heavy atom. The topological polar surface area (TPSA) is 68.5 Å². The van der Waals surface area contributed by atoms with Gasteiger partial charge in [0, 0.05) is 6.42 Å². The van der Waals surface area contributed by atoms with E-state index in [1.165, 1.54) is 0 Å². The molecule has 1 saturated heterocycles. The van der Waals surface area contributed by atoms with E-state index in [4.69, 9.17) is 9.15 Å². The zero-order valence-electron chi connectivity index (χ0n) is 9.86. The summed E-state index contributed by atoms with van der Waals surface area (Å²) in [6.45, 7) is 3.93. The molecule has 0 radical (unpaired) electrons. The molecule has 5 heteroatoms. The third-order valence-electron chi connectivity index (χ3n) is 2.90. The molecule has 2 heterocycles. The molecule has 92 valence electrons. The van der Waals surface area contributed by atoms with E-state index in [-0.39, 0.29) is 18.2 Å². The molecule has 1 aromatic rings. The number of carbonyl (C=O) groups is 2. The lowest BCUT2D eigenvalue weighted by molar-refractivity contribution is -0.146. The highest BCUT2D eigenvalue weighted by atomic mass is 16.5. The molecule has 1 aliphatic heterocycles. The highest BCUT2D eigenvalue weighted by Crippen LogP contribution is 2.31. The summed E-state index contributed by atoms with van der Waals surface area (Å²) in [5, 5.41) is 2.63. The maximum atomic E-state index is 11.7. The van der Waals surface area contributed by atoms with E-state index in [1.54, 1.807) is 13.2 Å². The maximum absolute atomic E-state index is 11.7. The van der Waals surface area contributed by atoms with Crippen molar-refractivity contribution < 1.29 is 18.7 Å². The molecule has 2 atom stereocenters. The number of amides is 1. The van der Waals surface area contributed by atoms with Crippen LogP contribution in [0.2, 0.25) is 0 Å². The van der Waals surface area contributed by atoms with Gasteiger partial charge in [0.15, 0.2) is 0 Å². The fraction of sp³-hybridized carbons (Fsp3) is 0.500. The van der Waals surface area contributed by atoms with Crippen LogP contribution in [0.15, 0.2) is 16.7 Å². The van der Waals surface area contributed by atoms with Gasteiger partial charge in [-0.1, -0.05) is 0 Å². The van der Waals surface area contributed by atoms with Crippen LogP contribution in [0.4, 0.5) is 0 Å². The average Bonchev–Trinajstić information content (AvgIpc) is 2.84. The van der Waals surface area contributed by atoms with Crippen LogP contribution in [0.25, 0.3) is 0 Å². The second kappa shape index (κ2) is 4.61. The van der Waals surface area contributed by atoms with Gasteiger partial charge in [-0.25, -0.2) is 4.79 Å². The Kier molecular flexibility index (Phi) is 3.17. The van der Waals surface area contributed by atoms with E-state index in [9.17, 15) is 9.59 Å². The van der Waals surface area contributed by atoms with Crippen molar-refractivity contribution >= 4 is 11.9 Å². The monoisotopic (exact) mass is 237 g/mol. The Balaban J connectivity index is 2.23. The lowest BCUT2D eigenvalue weighted by Gasteiger charge is -2.15. The van der Waals surface area contributed by atoms with Gasteiger partial charge >= 0.3 is 5.97 Å². The molecule has 1 aliphatic rings. The molecular weight excluding hydrogens is 222 g/mol. The first-order valence-electron chi connectivity index (χ1n) is 5.63. The van der Waals surface area contributed by atoms with Crippen LogP contribution in [0.5, 0.6) is 0 Å². The van der Waals surface area contributed by atoms with Crippen molar-refractivity contribution in [3.8, 4) is 0 Å². The van der Waals surface area contributed by atoms with Crippen LogP contribution < -0.4 is 5.32 Å². The van der Waals surface area contributed by atoms with Gasteiger partial charge < -0.3 is 14.5 Å². The van der Waals surface area contributed by atoms with Crippen LogP contribution in [0.1, 0.15) is 30.6 Å². The molecule has 0 bridgehead atoms. The predicted molar refractivity (Wildman–Crippen MR) is 59.4 cm³/mol. The van der Waals surface area contributed by atoms with E-state index < -0.39 is 12.0 Å². The predicted octanol–water partition coefficient (Wildman–Crippen LogP) is 1.12. The van der Waals surface area contributed by atoms with Gasteiger partial charge in [-0.2, -0.15) is 0 Å². The molecule has 1 fully saturated rings. The van der Waals surface area contributed by atoms with Crippen molar-refractivity contribution in [3.63, 3.8) is 0 Å². The van der Waals surface area contributed by atoms with Gasteiger partial charge in [0.1, 0.15) is 11.8 Å². The van der Waals surface area contributed by atoms with Gasteiger partial charge in [-0.15, -0.1) is 0 Å². The van der Waals surface area contributed by atoms with Crippen LogP contribution in [-0.4, -0.2) is 24.5 Å². The lowest BCUT2D eigenvalue weighted by atomic mass is 9.95. The molecule has 2 unspecified atom stereocenters. The first-order valence-corrected chi connectivity index (χ1v) is 5.63. The van der Waals surface area contributed by atoms with Crippen molar-refractivity contribution in [1.29, 1.82) is 0 Å². The van der Waals surface area contributed by atoms with Gasteiger partial charge in [-0.3, -0.25) is 4.79 Å². The summed E-state index contributed by atoms with van der Waals surface area (Å²) in [5.74, 6) is -0.138. The summed E-state index contributed by atoms with van der Waals surface area (Å²) in [6, 6.07) is 1.19. The maximum Gasteiger partial charge on any atom is 0.329 e. The number of hydrogen-bond acceptors (Lipinski definition) is 4. The van der Waals surface area contributed by atoms with E-state index in [0.717, 1.165) is 5.56 Å². The Morgan fingerprint density at radius 1 is 1.65 bits per heavy atom. The van der Waals surface area contributed by atoms with Crippen molar-refractivity contribution in [2.24, 2.45) is 0 Å². The highest BCUT2D eigenvalue weighted by molar-refractivity contribution is 5.90. The number of nitrogens with one attached hydrogen (secondary N) is 1.